The van der Waals surface area contributed by atoms with E-state index in [9.17, 15) is 0 Å². The Morgan fingerprint density at radius 2 is 2.15 bits per heavy atom. The number of hydrogen-bond acceptors (Lipinski definition) is 6. The lowest BCUT2D eigenvalue weighted by molar-refractivity contribution is 0.109. The summed E-state index contributed by atoms with van der Waals surface area (Å²) in [4.78, 5) is 7.38. The van der Waals surface area contributed by atoms with Crippen LogP contribution in [0.25, 0.3) is 11.0 Å². The molecule has 3 unspecified atom stereocenters. The average molecular weight is 428 g/mol. The third-order valence-corrected chi connectivity index (χ3v) is 7.99. The molecule has 7 heteroatoms. The van der Waals surface area contributed by atoms with Crippen LogP contribution in [0.1, 0.15) is 44.3 Å². The third kappa shape index (κ3) is 2.40. The van der Waals surface area contributed by atoms with Crippen LogP contribution in [-0.2, 0) is 0 Å². The van der Waals surface area contributed by atoms with Gasteiger partial charge in [0, 0.05) is 47.7 Å². The third-order valence-electron chi connectivity index (χ3n) is 7.19. The Morgan fingerprint density at radius 1 is 1.30 bits per heavy atom. The molecule has 2 aliphatic heterocycles. The highest BCUT2D eigenvalue weighted by atomic mass is 79.9. The van der Waals surface area contributed by atoms with Crippen LogP contribution >= 0.6 is 15.9 Å². The predicted octanol–water partition coefficient (Wildman–Crippen LogP) is 3.37. The molecule has 0 aromatic carbocycles. The number of nitrogens with zero attached hydrogens (tertiary/aromatic N) is 3. The normalized spacial score (nSPS) is 37.3. The highest BCUT2D eigenvalue weighted by Gasteiger charge is 2.68. The molecule has 4 fully saturated rings. The Hall–Kier alpha value is -1.62. The molecule has 2 aromatic heterocycles. The van der Waals surface area contributed by atoms with Gasteiger partial charge in [0.2, 0.25) is 5.76 Å². The van der Waals surface area contributed by atoms with Gasteiger partial charge in [-0.25, -0.2) is 4.98 Å². The SMILES string of the molecule is N#Cc1cc2c(Br)c(NC3CCC(N4C5CNC6(C5)CC46)CC3)ncc2o1. The van der Waals surface area contributed by atoms with Gasteiger partial charge >= 0.3 is 0 Å². The minimum Gasteiger partial charge on any atom is -0.444 e. The van der Waals surface area contributed by atoms with Crippen molar-refractivity contribution in [2.24, 2.45) is 0 Å². The fraction of sp³-hybridized carbons (Fsp3) is 0.600. The van der Waals surface area contributed by atoms with Gasteiger partial charge < -0.3 is 15.1 Å². The lowest BCUT2D eigenvalue weighted by Crippen LogP contribution is -2.50. The van der Waals surface area contributed by atoms with Gasteiger partial charge in [-0.2, -0.15) is 5.26 Å². The number of likely N-dealkylation sites (tertiary alicyclic amines) is 1. The number of halogens is 1. The molecule has 4 aliphatic rings. The van der Waals surface area contributed by atoms with E-state index in [1.165, 1.54) is 45.1 Å². The van der Waals surface area contributed by atoms with Gasteiger partial charge in [0.25, 0.3) is 0 Å². The zero-order valence-electron chi connectivity index (χ0n) is 15.0. The Morgan fingerprint density at radius 3 is 2.89 bits per heavy atom. The number of pyridine rings is 1. The molecule has 2 saturated carbocycles. The molecule has 140 valence electrons. The summed E-state index contributed by atoms with van der Waals surface area (Å²) < 4.78 is 6.34. The van der Waals surface area contributed by atoms with Crippen LogP contribution in [-0.4, -0.2) is 46.1 Å². The fourth-order valence-corrected chi connectivity index (χ4v) is 6.36. The molecular weight excluding hydrogens is 406 g/mol. The standard InChI is InChI=1S/C20H22BrN5O/c21-18-15-5-14(8-22)27-16(15)10-23-19(18)25-11-1-3-12(4-2-11)26-13-6-20(24-9-13)7-17(20)26/h5,10-13,17,24H,1-4,6-7,9H2,(H,23,25). The molecular formula is C20H22BrN5O. The van der Waals surface area contributed by atoms with Crippen molar-refractivity contribution in [2.75, 3.05) is 11.9 Å². The van der Waals surface area contributed by atoms with Crippen molar-refractivity contribution >= 4 is 32.7 Å². The number of nitriles is 1. The van der Waals surface area contributed by atoms with E-state index in [0.717, 1.165) is 33.8 Å². The number of hydrogen-bond donors (Lipinski definition) is 2. The van der Waals surface area contributed by atoms with Crippen LogP contribution < -0.4 is 10.6 Å². The van der Waals surface area contributed by atoms with Crippen molar-refractivity contribution in [3.8, 4) is 6.07 Å². The summed E-state index contributed by atoms with van der Waals surface area (Å²) in [7, 11) is 0. The van der Waals surface area contributed by atoms with Crippen LogP contribution in [0.3, 0.4) is 0 Å². The largest absolute Gasteiger partial charge is 0.444 e. The van der Waals surface area contributed by atoms with Gasteiger partial charge in [-0.1, -0.05) is 0 Å². The van der Waals surface area contributed by atoms with E-state index in [-0.39, 0.29) is 0 Å². The highest BCUT2D eigenvalue weighted by molar-refractivity contribution is 9.10. The van der Waals surface area contributed by atoms with Crippen molar-refractivity contribution in [3.05, 3.63) is 22.5 Å². The minimum atomic E-state index is 0.317. The lowest BCUT2D eigenvalue weighted by Gasteiger charge is -2.40. The van der Waals surface area contributed by atoms with Crippen LogP contribution in [0.15, 0.2) is 21.2 Å². The number of nitrogens with one attached hydrogen (secondary N) is 2. The summed E-state index contributed by atoms with van der Waals surface area (Å²) in [5.41, 5.74) is 1.15. The van der Waals surface area contributed by atoms with Gasteiger partial charge in [-0.05, 0) is 54.5 Å². The summed E-state index contributed by atoms with van der Waals surface area (Å²) in [6.45, 7) is 1.20. The molecule has 1 spiro atoms. The van der Waals surface area contributed by atoms with E-state index in [1.54, 1.807) is 12.3 Å². The predicted molar refractivity (Wildman–Crippen MR) is 105 cm³/mol. The van der Waals surface area contributed by atoms with Gasteiger partial charge in [-0.15, -0.1) is 0 Å². The number of furan rings is 1. The van der Waals surface area contributed by atoms with Gasteiger partial charge in [0.1, 0.15) is 11.9 Å². The topological polar surface area (TPSA) is 77.1 Å². The number of anilines is 1. The van der Waals surface area contributed by atoms with Gasteiger partial charge in [0.05, 0.1) is 10.7 Å². The van der Waals surface area contributed by atoms with Crippen LogP contribution in [0.2, 0.25) is 0 Å². The first-order chi connectivity index (χ1) is 13.2. The number of piperidine rings is 1. The van der Waals surface area contributed by atoms with Crippen LogP contribution in [0.5, 0.6) is 0 Å². The molecule has 2 aliphatic carbocycles. The maximum Gasteiger partial charge on any atom is 0.204 e. The van der Waals surface area contributed by atoms with E-state index >= 15 is 0 Å². The Labute approximate surface area is 166 Å². The maximum atomic E-state index is 9.03. The number of rotatable bonds is 3. The summed E-state index contributed by atoms with van der Waals surface area (Å²) >= 11 is 3.64. The first kappa shape index (κ1) is 16.3. The Bertz CT molecular complexity index is 955. The number of fused-ring (bicyclic) bond motifs is 2. The van der Waals surface area contributed by atoms with E-state index < -0.39 is 0 Å². The molecule has 2 saturated heterocycles. The molecule has 6 rings (SSSR count). The minimum absolute atomic E-state index is 0.317. The molecule has 0 radical (unpaired) electrons. The quantitative estimate of drug-likeness (QED) is 0.781. The zero-order chi connectivity index (χ0) is 18.2. The molecule has 6 nitrogen and oxygen atoms in total. The van der Waals surface area contributed by atoms with Crippen LogP contribution in [0, 0.1) is 11.3 Å². The first-order valence-corrected chi connectivity index (χ1v) is 10.7. The maximum absolute atomic E-state index is 9.03. The summed E-state index contributed by atoms with van der Waals surface area (Å²) in [6, 6.07) is 6.64. The molecule has 3 atom stereocenters. The van der Waals surface area contributed by atoms with Crippen molar-refractivity contribution in [2.45, 2.75) is 68.2 Å². The highest BCUT2D eigenvalue weighted by Crippen LogP contribution is 2.56. The van der Waals surface area contributed by atoms with Gasteiger partial charge in [-0.3, -0.25) is 4.90 Å². The second-order valence-electron chi connectivity index (χ2n) is 8.63. The Kier molecular flexibility index (Phi) is 3.45. The lowest BCUT2D eigenvalue weighted by atomic mass is 9.89. The summed E-state index contributed by atoms with van der Waals surface area (Å²) in [5.74, 6) is 1.17. The molecule has 4 heterocycles. The van der Waals surface area contributed by atoms with Crippen molar-refractivity contribution in [1.29, 1.82) is 5.26 Å². The number of piperazine rings is 1. The molecule has 2 N–H and O–H groups in total. The molecule has 27 heavy (non-hydrogen) atoms. The second-order valence-corrected chi connectivity index (χ2v) is 9.43. The van der Waals surface area contributed by atoms with Crippen molar-refractivity contribution in [1.82, 2.24) is 15.2 Å². The second kappa shape index (κ2) is 5.69. The summed E-state index contributed by atoms with van der Waals surface area (Å²) in [6.07, 6.45) is 9.35. The van der Waals surface area contributed by atoms with E-state index in [2.05, 4.69) is 36.4 Å². The Balaban J connectivity index is 1.14. The van der Waals surface area contributed by atoms with Crippen LogP contribution in [0.4, 0.5) is 5.82 Å². The van der Waals surface area contributed by atoms with E-state index in [1.807, 2.05) is 6.07 Å². The summed E-state index contributed by atoms with van der Waals surface area (Å²) in [5, 5.41) is 17.3. The average Bonchev–Trinajstić information content (AvgIpc) is 3.00. The molecule has 2 bridgehead atoms. The first-order valence-electron chi connectivity index (χ1n) is 9.94. The monoisotopic (exact) mass is 427 g/mol. The van der Waals surface area contributed by atoms with Crippen molar-refractivity contribution < 1.29 is 4.42 Å². The molecule has 2 aromatic rings. The molecule has 0 amide bonds. The van der Waals surface area contributed by atoms with Crippen molar-refractivity contribution in [3.63, 3.8) is 0 Å². The number of aromatic nitrogens is 1. The van der Waals surface area contributed by atoms with E-state index in [0.29, 0.717) is 22.9 Å². The van der Waals surface area contributed by atoms with Gasteiger partial charge in [0.15, 0.2) is 5.58 Å². The zero-order valence-corrected chi connectivity index (χ0v) is 16.6. The van der Waals surface area contributed by atoms with E-state index in [4.69, 9.17) is 9.68 Å². The smallest absolute Gasteiger partial charge is 0.204 e. The fourth-order valence-electron chi connectivity index (χ4n) is 5.84.